The molecule has 1 amide bonds. The largest absolute Gasteiger partial charge is 0.495 e. The Morgan fingerprint density at radius 3 is 2.50 bits per heavy atom. The van der Waals surface area contributed by atoms with Crippen molar-refractivity contribution in [3.63, 3.8) is 0 Å². The van der Waals surface area contributed by atoms with Gasteiger partial charge < -0.3 is 10.1 Å². The predicted molar refractivity (Wildman–Crippen MR) is 102 cm³/mol. The Hall–Kier alpha value is -1.31. The molecule has 1 aromatic rings. The maximum Gasteiger partial charge on any atom is 0.243 e. The monoisotopic (exact) mass is 402 g/mol. The van der Waals surface area contributed by atoms with Gasteiger partial charge in [0.05, 0.1) is 23.6 Å². The summed E-state index contributed by atoms with van der Waals surface area (Å²) in [6, 6.07) is 4.16. The van der Waals surface area contributed by atoms with Crippen LogP contribution in [-0.2, 0) is 14.8 Å². The quantitative estimate of drug-likeness (QED) is 0.759. The number of rotatable bonds is 7. The first kappa shape index (κ1) is 21.0. The fourth-order valence-electron chi connectivity index (χ4n) is 3.23. The van der Waals surface area contributed by atoms with Gasteiger partial charge in [-0.1, -0.05) is 30.9 Å². The summed E-state index contributed by atoms with van der Waals surface area (Å²) in [4.78, 5) is 12.4. The molecule has 0 radical (unpaired) electrons. The van der Waals surface area contributed by atoms with Crippen molar-refractivity contribution < 1.29 is 17.9 Å². The van der Waals surface area contributed by atoms with Crippen LogP contribution in [0.3, 0.4) is 0 Å². The predicted octanol–water partition coefficient (Wildman–Crippen LogP) is 3.20. The van der Waals surface area contributed by atoms with Crippen LogP contribution in [0.1, 0.15) is 46.0 Å². The topological polar surface area (TPSA) is 75.7 Å². The Morgan fingerprint density at radius 2 is 1.96 bits per heavy atom. The number of nitrogens with one attached hydrogen (secondary N) is 1. The zero-order valence-corrected chi connectivity index (χ0v) is 17.1. The first-order valence-electron chi connectivity index (χ1n) is 8.90. The molecule has 1 saturated carbocycles. The fraction of sp³-hybridized carbons (Fsp3) is 0.611. The Labute approximate surface area is 160 Å². The molecule has 1 fully saturated rings. The second kappa shape index (κ2) is 9.06. The zero-order valence-electron chi connectivity index (χ0n) is 15.5. The second-order valence-electron chi connectivity index (χ2n) is 6.86. The van der Waals surface area contributed by atoms with Gasteiger partial charge in [-0.15, -0.1) is 0 Å². The maximum atomic E-state index is 13.3. The molecule has 1 aromatic carbocycles. The third kappa shape index (κ3) is 5.11. The van der Waals surface area contributed by atoms with E-state index in [-0.39, 0.29) is 34.5 Å². The molecular weight excluding hydrogens is 376 g/mol. The van der Waals surface area contributed by atoms with Crippen molar-refractivity contribution in [3.8, 4) is 5.75 Å². The van der Waals surface area contributed by atoms with Crippen LogP contribution in [0, 0.1) is 0 Å². The summed E-state index contributed by atoms with van der Waals surface area (Å²) >= 11 is 6.11. The average Bonchev–Trinajstić information content (AvgIpc) is 2.59. The zero-order chi connectivity index (χ0) is 19.3. The van der Waals surface area contributed by atoms with Gasteiger partial charge in [0, 0.05) is 12.1 Å². The lowest BCUT2D eigenvalue weighted by molar-refractivity contribution is -0.122. The summed E-state index contributed by atoms with van der Waals surface area (Å²) in [5.41, 5.74) is 0. The number of hydrogen-bond donors (Lipinski definition) is 1. The van der Waals surface area contributed by atoms with E-state index in [0.717, 1.165) is 32.1 Å². The highest BCUT2D eigenvalue weighted by Crippen LogP contribution is 2.31. The molecule has 0 unspecified atom stereocenters. The van der Waals surface area contributed by atoms with Crippen LogP contribution in [0.25, 0.3) is 0 Å². The lowest BCUT2D eigenvalue weighted by atomic mass is 9.95. The van der Waals surface area contributed by atoms with E-state index in [9.17, 15) is 13.2 Å². The number of sulfonamides is 1. The summed E-state index contributed by atoms with van der Waals surface area (Å²) in [6.45, 7) is 3.51. The van der Waals surface area contributed by atoms with E-state index >= 15 is 0 Å². The summed E-state index contributed by atoms with van der Waals surface area (Å²) in [5, 5.41) is 3.00. The number of carbonyl (C=O) groups is 1. The molecule has 1 aliphatic rings. The van der Waals surface area contributed by atoms with E-state index in [2.05, 4.69) is 5.32 Å². The second-order valence-corrected chi connectivity index (χ2v) is 9.16. The number of benzene rings is 1. The van der Waals surface area contributed by atoms with E-state index < -0.39 is 10.0 Å². The molecule has 1 N–H and O–H groups in total. The molecule has 1 aliphatic carbocycles. The van der Waals surface area contributed by atoms with Crippen LogP contribution in [0.15, 0.2) is 23.1 Å². The fourth-order valence-corrected chi connectivity index (χ4v) is 5.22. The summed E-state index contributed by atoms with van der Waals surface area (Å²) < 4.78 is 32.9. The standard InChI is InChI=1S/C18H27ClN2O4S/c1-13(2)20-18(22)12-21(14-7-5-4-6-8-14)26(23,24)15-9-10-17(25-3)16(19)11-15/h9-11,13-14H,4-8,12H2,1-3H3,(H,20,22). The normalized spacial score (nSPS) is 16.1. The van der Waals surface area contributed by atoms with Crippen molar-refractivity contribution in [3.05, 3.63) is 23.2 Å². The molecule has 8 heteroatoms. The molecule has 0 atom stereocenters. The van der Waals surface area contributed by atoms with Crippen LogP contribution in [0.5, 0.6) is 5.75 Å². The maximum absolute atomic E-state index is 13.3. The minimum atomic E-state index is -3.85. The molecule has 0 spiro atoms. The van der Waals surface area contributed by atoms with Gasteiger partial charge in [0.15, 0.2) is 0 Å². The van der Waals surface area contributed by atoms with E-state index in [1.165, 1.54) is 29.6 Å². The van der Waals surface area contributed by atoms with E-state index in [1.54, 1.807) is 0 Å². The van der Waals surface area contributed by atoms with Gasteiger partial charge in [0.1, 0.15) is 5.75 Å². The first-order valence-corrected chi connectivity index (χ1v) is 10.7. The lowest BCUT2D eigenvalue weighted by Gasteiger charge is -2.33. The molecule has 26 heavy (non-hydrogen) atoms. The molecule has 146 valence electrons. The third-order valence-corrected chi connectivity index (χ3v) is 6.65. The van der Waals surface area contributed by atoms with E-state index in [0.29, 0.717) is 5.75 Å². The molecule has 0 bridgehead atoms. The SMILES string of the molecule is COc1ccc(S(=O)(=O)N(CC(=O)NC(C)C)C2CCCCC2)cc1Cl. The van der Waals surface area contributed by atoms with Crippen LogP contribution < -0.4 is 10.1 Å². The van der Waals surface area contributed by atoms with Gasteiger partial charge in [-0.3, -0.25) is 4.79 Å². The molecule has 6 nitrogen and oxygen atoms in total. The number of amides is 1. The Kier molecular flexibility index (Phi) is 7.32. The first-order chi connectivity index (χ1) is 12.3. The van der Waals surface area contributed by atoms with Gasteiger partial charge in [0.2, 0.25) is 15.9 Å². The molecule has 0 aliphatic heterocycles. The van der Waals surface area contributed by atoms with Crippen molar-refractivity contribution >= 4 is 27.5 Å². The van der Waals surface area contributed by atoms with Crippen molar-refractivity contribution in [1.29, 1.82) is 0 Å². The number of methoxy groups -OCH3 is 1. The molecule has 2 rings (SSSR count). The van der Waals surface area contributed by atoms with Crippen molar-refractivity contribution in [2.75, 3.05) is 13.7 Å². The Balaban J connectivity index is 2.35. The number of nitrogens with zero attached hydrogens (tertiary/aromatic N) is 1. The number of hydrogen-bond acceptors (Lipinski definition) is 4. The van der Waals surface area contributed by atoms with Crippen LogP contribution in [0.4, 0.5) is 0 Å². The van der Waals surface area contributed by atoms with Crippen molar-refractivity contribution in [1.82, 2.24) is 9.62 Å². The summed E-state index contributed by atoms with van der Waals surface area (Å²) in [6.07, 6.45) is 4.55. The highest BCUT2D eigenvalue weighted by Gasteiger charge is 2.34. The van der Waals surface area contributed by atoms with Crippen molar-refractivity contribution in [2.24, 2.45) is 0 Å². The highest BCUT2D eigenvalue weighted by atomic mass is 35.5. The number of halogens is 1. The van der Waals surface area contributed by atoms with Gasteiger partial charge in [-0.2, -0.15) is 4.31 Å². The van der Waals surface area contributed by atoms with Crippen molar-refractivity contribution in [2.45, 2.75) is 62.9 Å². The van der Waals surface area contributed by atoms with Gasteiger partial charge in [0.25, 0.3) is 0 Å². The van der Waals surface area contributed by atoms with E-state index in [4.69, 9.17) is 16.3 Å². The van der Waals surface area contributed by atoms with Crippen LogP contribution in [-0.4, -0.2) is 44.4 Å². The smallest absolute Gasteiger partial charge is 0.243 e. The summed E-state index contributed by atoms with van der Waals surface area (Å²) in [7, 11) is -2.37. The Morgan fingerprint density at radius 1 is 1.31 bits per heavy atom. The molecule has 0 heterocycles. The van der Waals surface area contributed by atoms with Crippen LogP contribution in [0.2, 0.25) is 5.02 Å². The van der Waals surface area contributed by atoms with Gasteiger partial charge in [-0.05, 0) is 44.9 Å². The number of carbonyl (C=O) groups excluding carboxylic acids is 1. The number of ether oxygens (including phenoxy) is 1. The van der Waals surface area contributed by atoms with Gasteiger partial charge in [-0.25, -0.2) is 8.42 Å². The highest BCUT2D eigenvalue weighted by molar-refractivity contribution is 7.89. The Bertz CT molecular complexity index is 731. The van der Waals surface area contributed by atoms with Gasteiger partial charge >= 0.3 is 0 Å². The minimum Gasteiger partial charge on any atom is -0.495 e. The third-order valence-electron chi connectivity index (χ3n) is 4.46. The average molecular weight is 403 g/mol. The minimum absolute atomic E-state index is 0.0474. The molecule has 0 aromatic heterocycles. The lowest BCUT2D eigenvalue weighted by Crippen LogP contribution is -2.48. The molecule has 0 saturated heterocycles. The molecular formula is C18H27ClN2O4S. The summed E-state index contributed by atoms with van der Waals surface area (Å²) in [5.74, 6) is 0.112. The van der Waals surface area contributed by atoms with Crippen LogP contribution >= 0.6 is 11.6 Å². The van der Waals surface area contributed by atoms with E-state index in [1.807, 2.05) is 13.8 Å².